The second-order valence-corrected chi connectivity index (χ2v) is 2.95. The molecule has 1 atom stereocenters. The number of aliphatic imine (C=N–C) groups is 2. The van der Waals surface area contributed by atoms with Crippen LogP contribution in [-0.4, -0.2) is 41.4 Å². The zero-order chi connectivity index (χ0) is 12.0. The number of carbonyl (C=O) groups is 1. The fourth-order valence-electron chi connectivity index (χ4n) is 1.56. The molecule has 16 heavy (non-hydrogen) atoms. The van der Waals surface area contributed by atoms with Gasteiger partial charge in [-0.3, -0.25) is 4.79 Å². The lowest BCUT2D eigenvalue weighted by Gasteiger charge is -2.25. The van der Waals surface area contributed by atoms with Gasteiger partial charge in [0.05, 0.1) is 0 Å². The number of amides is 1. The highest BCUT2D eigenvalue weighted by molar-refractivity contribution is 5.91. The van der Waals surface area contributed by atoms with E-state index in [1.165, 1.54) is 12.2 Å². The maximum absolute atomic E-state index is 11.5. The summed E-state index contributed by atoms with van der Waals surface area (Å²) in [5.74, 6) is -0.998. The predicted octanol–water partition coefficient (Wildman–Crippen LogP) is -0.773. The number of rotatable bonds is 3. The molecule has 0 unspecified atom stereocenters. The molecule has 0 spiro atoms. The van der Waals surface area contributed by atoms with Crippen LogP contribution in [0.4, 0.5) is 0 Å². The summed E-state index contributed by atoms with van der Waals surface area (Å²) in [6.45, 7) is 0.237. The lowest BCUT2D eigenvalue weighted by Crippen LogP contribution is -2.45. The Bertz CT molecular complexity index is 443. The molecule has 0 bridgehead atoms. The minimum absolute atomic E-state index is 0.122. The topological polar surface area (TPSA) is 109 Å². The van der Waals surface area contributed by atoms with Gasteiger partial charge in [-0.15, -0.1) is 4.99 Å². The number of hydrazone groups is 1. The molecule has 0 aliphatic carbocycles. The molecule has 0 aromatic rings. The Kier molecular flexibility index (Phi) is 3.58. The molecule has 1 rings (SSSR count). The Morgan fingerprint density at radius 2 is 1.94 bits per heavy atom. The summed E-state index contributed by atoms with van der Waals surface area (Å²) in [6, 6.07) is 0. The van der Waals surface area contributed by atoms with Crippen molar-refractivity contribution in [3.63, 3.8) is 0 Å². The van der Waals surface area contributed by atoms with E-state index in [2.05, 4.69) is 15.1 Å². The lowest BCUT2D eigenvalue weighted by atomic mass is 10.1. The smallest absolute Gasteiger partial charge is 0.267 e. The molecule has 1 heterocycles. The van der Waals surface area contributed by atoms with Crippen molar-refractivity contribution in [2.75, 3.05) is 6.54 Å². The first-order chi connectivity index (χ1) is 7.71. The average Bonchev–Trinajstić information content (AvgIpc) is 2.64. The average molecular weight is 222 g/mol. The maximum atomic E-state index is 11.5. The summed E-state index contributed by atoms with van der Waals surface area (Å²) >= 11 is 0. The molecule has 0 N–H and O–H groups in total. The van der Waals surface area contributed by atoms with Crippen LogP contribution in [0.1, 0.15) is 12.8 Å². The van der Waals surface area contributed by atoms with E-state index in [1.54, 1.807) is 0 Å². The Balaban J connectivity index is 3.23. The molecule has 0 aromatic carbocycles. The van der Waals surface area contributed by atoms with Crippen LogP contribution in [0, 0.1) is 0 Å². The van der Waals surface area contributed by atoms with Crippen LogP contribution in [0.5, 0.6) is 0 Å². The van der Waals surface area contributed by atoms with Crippen molar-refractivity contribution < 1.29 is 19.2 Å². The van der Waals surface area contributed by atoms with Crippen LogP contribution in [0.3, 0.4) is 0 Å². The summed E-state index contributed by atoms with van der Waals surface area (Å²) < 4.78 is 0. The van der Waals surface area contributed by atoms with Gasteiger partial charge in [0.2, 0.25) is 17.8 Å². The molecule has 1 amide bonds. The van der Waals surface area contributed by atoms with Crippen LogP contribution in [0.2, 0.25) is 0 Å². The summed E-state index contributed by atoms with van der Waals surface area (Å²) in [5.41, 5.74) is -1.74. The summed E-state index contributed by atoms with van der Waals surface area (Å²) in [4.78, 5) is 48.1. The third-order valence-corrected chi connectivity index (χ3v) is 2.20. The third kappa shape index (κ3) is 1.85. The molecule has 0 aromatic heterocycles. The van der Waals surface area contributed by atoms with Crippen molar-refractivity contribution >= 4 is 24.1 Å². The van der Waals surface area contributed by atoms with Crippen molar-refractivity contribution in [1.82, 2.24) is 5.01 Å². The molecular formula is C8H6N4O4. The Hall–Kier alpha value is -2.39. The fourth-order valence-corrected chi connectivity index (χ4v) is 1.56. The first-order valence-electron chi connectivity index (χ1n) is 4.28. The molecule has 8 nitrogen and oxygen atoms in total. The Morgan fingerprint density at radius 3 is 2.50 bits per heavy atom. The van der Waals surface area contributed by atoms with Crippen molar-refractivity contribution in [2.45, 2.75) is 18.5 Å². The van der Waals surface area contributed by atoms with E-state index < -0.39 is 11.6 Å². The molecule has 82 valence electrons. The van der Waals surface area contributed by atoms with E-state index in [1.807, 2.05) is 0 Å². The molecule has 1 saturated heterocycles. The first-order valence-corrected chi connectivity index (χ1v) is 4.28. The van der Waals surface area contributed by atoms with Gasteiger partial charge in [0.1, 0.15) is 0 Å². The predicted molar refractivity (Wildman–Crippen MR) is 48.0 cm³/mol. The van der Waals surface area contributed by atoms with E-state index in [4.69, 9.17) is 0 Å². The highest BCUT2D eigenvalue weighted by Crippen LogP contribution is 2.31. The van der Waals surface area contributed by atoms with Crippen molar-refractivity contribution in [1.29, 1.82) is 0 Å². The number of nitrogens with zero attached hydrogens (tertiary/aromatic N) is 4. The first kappa shape index (κ1) is 11.7. The normalized spacial score (nSPS) is 22.6. The van der Waals surface area contributed by atoms with E-state index in [9.17, 15) is 19.2 Å². The monoisotopic (exact) mass is 222 g/mol. The second-order valence-electron chi connectivity index (χ2n) is 2.95. The van der Waals surface area contributed by atoms with E-state index in [-0.39, 0.29) is 13.0 Å². The van der Waals surface area contributed by atoms with Gasteiger partial charge in [-0.25, -0.2) is 19.4 Å². The maximum Gasteiger partial charge on any atom is 0.307 e. The van der Waals surface area contributed by atoms with E-state index in [0.717, 1.165) is 11.1 Å². The lowest BCUT2D eigenvalue weighted by molar-refractivity contribution is -0.127. The highest BCUT2D eigenvalue weighted by Gasteiger charge is 2.48. The summed E-state index contributed by atoms with van der Waals surface area (Å²) in [6.07, 6.45) is 4.10. The van der Waals surface area contributed by atoms with Crippen molar-refractivity contribution in [2.24, 2.45) is 15.1 Å². The number of hydrogen-bond acceptors (Lipinski definition) is 7. The van der Waals surface area contributed by atoms with Crippen LogP contribution >= 0.6 is 0 Å². The third-order valence-electron chi connectivity index (χ3n) is 2.20. The van der Waals surface area contributed by atoms with Crippen LogP contribution in [-0.2, 0) is 19.2 Å². The Morgan fingerprint density at radius 1 is 1.19 bits per heavy atom. The van der Waals surface area contributed by atoms with E-state index >= 15 is 0 Å². The molecule has 0 radical (unpaired) electrons. The highest BCUT2D eigenvalue weighted by atomic mass is 16.2. The van der Waals surface area contributed by atoms with Crippen LogP contribution in [0.15, 0.2) is 15.1 Å². The van der Waals surface area contributed by atoms with E-state index in [0.29, 0.717) is 6.42 Å². The minimum atomic E-state index is -1.74. The molecule has 1 aliphatic heterocycles. The minimum Gasteiger partial charge on any atom is -0.267 e. The summed E-state index contributed by atoms with van der Waals surface area (Å²) in [7, 11) is 0. The van der Waals surface area contributed by atoms with Gasteiger partial charge in [-0.05, 0) is 6.42 Å². The summed E-state index contributed by atoms with van der Waals surface area (Å²) in [5, 5.41) is 4.21. The molecule has 0 saturated carbocycles. The quantitative estimate of drug-likeness (QED) is 0.460. The molecule has 1 fully saturated rings. The standard InChI is InChI=1S/C8H6N4O4/c13-4-9-7(16)8(10-5-14)2-1-3-12(8)11-6-15/h1-3H2/t8-/m0/s1. The van der Waals surface area contributed by atoms with Gasteiger partial charge < -0.3 is 0 Å². The second kappa shape index (κ2) is 4.91. The molecule has 1 aliphatic rings. The number of isocyanates is 3. The van der Waals surface area contributed by atoms with Gasteiger partial charge in [0, 0.05) is 13.0 Å². The zero-order valence-corrected chi connectivity index (χ0v) is 8.04. The SMILES string of the molecule is O=C=NC(=O)[C@]1(N=C=O)CCCN1N=C=O. The van der Waals surface area contributed by atoms with Crippen LogP contribution < -0.4 is 0 Å². The number of carbonyl (C=O) groups excluding carboxylic acids is 4. The van der Waals surface area contributed by atoms with Crippen LogP contribution in [0.25, 0.3) is 0 Å². The van der Waals surface area contributed by atoms with Gasteiger partial charge in [0.25, 0.3) is 6.08 Å². The van der Waals surface area contributed by atoms with Gasteiger partial charge in [-0.1, -0.05) is 5.10 Å². The fraction of sp³-hybridized carbons (Fsp3) is 0.500. The van der Waals surface area contributed by atoms with Crippen molar-refractivity contribution in [3.05, 3.63) is 0 Å². The molecular weight excluding hydrogens is 216 g/mol. The molecule has 8 heteroatoms. The zero-order valence-electron chi connectivity index (χ0n) is 8.04. The van der Waals surface area contributed by atoms with Crippen molar-refractivity contribution in [3.8, 4) is 0 Å². The number of hydrogen-bond donors (Lipinski definition) is 0. The van der Waals surface area contributed by atoms with Gasteiger partial charge in [0.15, 0.2) is 0 Å². The largest absolute Gasteiger partial charge is 0.307 e. The van der Waals surface area contributed by atoms with Gasteiger partial charge >= 0.3 is 5.91 Å². The van der Waals surface area contributed by atoms with Gasteiger partial charge in [-0.2, -0.15) is 4.99 Å². The Labute approximate surface area is 89.4 Å².